The molecule has 0 bridgehead atoms. The molecule has 4 aromatic rings. The van der Waals surface area contributed by atoms with Crippen molar-refractivity contribution in [2.45, 2.75) is 0 Å². The van der Waals surface area contributed by atoms with Gasteiger partial charge in [-0.3, -0.25) is 0 Å². The van der Waals surface area contributed by atoms with Crippen LogP contribution in [0.25, 0.3) is 21.3 Å². The predicted octanol–water partition coefficient (Wildman–Crippen LogP) is 5.60. The van der Waals surface area contributed by atoms with Crippen LogP contribution in [0.3, 0.4) is 0 Å². The number of methoxy groups -OCH3 is 1. The lowest BCUT2D eigenvalue weighted by Gasteiger charge is -2.13. The van der Waals surface area contributed by atoms with Crippen molar-refractivity contribution in [2.24, 2.45) is 0 Å². The second-order valence-corrected chi connectivity index (χ2v) is 7.29. The maximum atomic E-state index is 13.3. The summed E-state index contributed by atoms with van der Waals surface area (Å²) < 4.78 is 18.5. The number of ether oxygens (including phenoxy) is 1. The molecule has 0 aliphatic rings. The lowest BCUT2D eigenvalue weighted by atomic mass is 10.1. The highest BCUT2D eigenvalue weighted by atomic mass is 35.5. The van der Waals surface area contributed by atoms with E-state index in [9.17, 15) is 14.3 Å². The number of thiophene rings is 1. The third-order valence-corrected chi connectivity index (χ3v) is 5.50. The minimum Gasteiger partial charge on any atom is -0.496 e. The first-order valence-electron chi connectivity index (χ1n) is 8.34. The smallest absolute Gasteiger partial charge is 0.339 e. The number of carboxylic acid groups (broad SMARTS) is 1. The second kappa shape index (κ2) is 7.65. The fraction of sp³-hybridized carbons (Fsp3) is 0.0500. The molecule has 2 aromatic heterocycles. The van der Waals surface area contributed by atoms with Crippen molar-refractivity contribution in [1.82, 2.24) is 9.97 Å². The van der Waals surface area contributed by atoms with Crippen LogP contribution in [0.2, 0.25) is 5.02 Å². The van der Waals surface area contributed by atoms with E-state index < -0.39 is 5.97 Å². The maximum Gasteiger partial charge on any atom is 0.339 e. The zero-order valence-corrected chi connectivity index (χ0v) is 16.5. The molecule has 0 radical (unpaired) electrons. The lowest BCUT2D eigenvalue weighted by Crippen LogP contribution is -2.03. The zero-order valence-electron chi connectivity index (χ0n) is 14.9. The van der Waals surface area contributed by atoms with E-state index in [0.717, 1.165) is 21.3 Å². The average molecular weight is 430 g/mol. The number of carboxylic acids is 1. The molecule has 0 saturated heterocycles. The number of hydrogen-bond donors (Lipinski definition) is 2. The summed E-state index contributed by atoms with van der Waals surface area (Å²) in [6.07, 6.45) is 1.42. The van der Waals surface area contributed by atoms with Gasteiger partial charge in [0.1, 0.15) is 34.1 Å². The van der Waals surface area contributed by atoms with Crippen LogP contribution in [0.1, 0.15) is 10.4 Å². The first kappa shape index (κ1) is 19.1. The van der Waals surface area contributed by atoms with Crippen molar-refractivity contribution < 1.29 is 19.0 Å². The number of nitrogens with one attached hydrogen (secondary N) is 1. The Morgan fingerprint density at radius 1 is 1.24 bits per heavy atom. The first-order chi connectivity index (χ1) is 14.0. The van der Waals surface area contributed by atoms with Crippen molar-refractivity contribution in [3.8, 4) is 16.9 Å². The molecule has 2 N–H and O–H groups in total. The van der Waals surface area contributed by atoms with Gasteiger partial charge in [-0.1, -0.05) is 23.7 Å². The number of aromatic carboxylic acids is 1. The number of aromatic nitrogens is 2. The highest BCUT2D eigenvalue weighted by Crippen LogP contribution is 2.39. The highest BCUT2D eigenvalue weighted by molar-refractivity contribution is 7.17. The normalized spacial score (nSPS) is 10.9. The summed E-state index contributed by atoms with van der Waals surface area (Å²) in [5, 5.41) is 15.3. The van der Waals surface area contributed by atoms with E-state index in [1.165, 1.54) is 49.0 Å². The van der Waals surface area contributed by atoms with E-state index in [1.807, 2.05) is 5.38 Å². The molecule has 6 nitrogen and oxygen atoms in total. The SMILES string of the molecule is COc1cc(Nc2ncnc3scc(-c4ccc(F)cc4)c23)c(Cl)cc1C(=O)O. The summed E-state index contributed by atoms with van der Waals surface area (Å²) in [5.41, 5.74) is 2.06. The quantitative estimate of drug-likeness (QED) is 0.429. The van der Waals surface area contributed by atoms with Gasteiger partial charge in [-0.25, -0.2) is 19.2 Å². The molecule has 0 spiro atoms. The summed E-state index contributed by atoms with van der Waals surface area (Å²) in [7, 11) is 1.38. The van der Waals surface area contributed by atoms with Gasteiger partial charge in [-0.2, -0.15) is 0 Å². The summed E-state index contributed by atoms with van der Waals surface area (Å²) in [5.74, 6) is -0.808. The molecule has 146 valence electrons. The van der Waals surface area contributed by atoms with Crippen molar-refractivity contribution in [2.75, 3.05) is 12.4 Å². The zero-order chi connectivity index (χ0) is 20.5. The molecule has 4 rings (SSSR count). The predicted molar refractivity (Wildman–Crippen MR) is 111 cm³/mol. The van der Waals surface area contributed by atoms with Gasteiger partial charge in [0.25, 0.3) is 0 Å². The number of hydrogen-bond acceptors (Lipinski definition) is 6. The highest BCUT2D eigenvalue weighted by Gasteiger charge is 2.18. The molecule has 0 aliphatic heterocycles. The number of nitrogens with zero attached hydrogens (tertiary/aromatic N) is 2. The Balaban J connectivity index is 1.82. The molecular formula is C20H13ClFN3O3S. The third kappa shape index (κ3) is 3.59. The number of fused-ring (bicyclic) bond motifs is 1. The number of rotatable bonds is 5. The molecule has 0 unspecified atom stereocenters. The van der Waals surface area contributed by atoms with E-state index in [0.29, 0.717) is 11.5 Å². The molecule has 0 saturated carbocycles. The van der Waals surface area contributed by atoms with Gasteiger partial charge in [-0.05, 0) is 23.8 Å². The maximum absolute atomic E-state index is 13.3. The monoisotopic (exact) mass is 429 g/mol. The standard InChI is InChI=1S/C20H13ClFN3O3S/c1-28-16-7-15(14(21)6-12(16)20(26)27)25-18-17-13(8-29-19(17)24-9-23-18)10-2-4-11(22)5-3-10/h2-9H,1H3,(H,26,27)(H,23,24,25). The number of carbonyl (C=O) groups is 1. The fourth-order valence-corrected chi connectivity index (χ4v) is 4.05. The van der Waals surface area contributed by atoms with Crippen molar-refractivity contribution >= 4 is 50.6 Å². The summed E-state index contributed by atoms with van der Waals surface area (Å²) in [6, 6.07) is 8.97. The molecular weight excluding hydrogens is 417 g/mol. The van der Waals surface area contributed by atoms with Crippen LogP contribution >= 0.6 is 22.9 Å². The Hall–Kier alpha value is -3.23. The topological polar surface area (TPSA) is 84.3 Å². The van der Waals surface area contributed by atoms with Crippen LogP contribution in [0.5, 0.6) is 5.75 Å². The van der Waals surface area contributed by atoms with Crippen LogP contribution in [-0.4, -0.2) is 28.2 Å². The van der Waals surface area contributed by atoms with Crippen LogP contribution in [0.15, 0.2) is 48.1 Å². The third-order valence-electron chi connectivity index (χ3n) is 4.30. The summed E-state index contributed by atoms with van der Waals surface area (Å²) in [6.45, 7) is 0. The Bertz CT molecular complexity index is 1230. The van der Waals surface area contributed by atoms with Crippen LogP contribution in [-0.2, 0) is 0 Å². The Labute approximate surface area is 173 Å². The van der Waals surface area contributed by atoms with Crippen molar-refractivity contribution in [3.05, 3.63) is 64.5 Å². The van der Waals surface area contributed by atoms with Gasteiger partial charge in [0.05, 0.1) is 23.2 Å². The molecule has 0 fully saturated rings. The first-order valence-corrected chi connectivity index (χ1v) is 9.59. The molecule has 2 heterocycles. The Kier molecular flexibility index (Phi) is 5.04. The summed E-state index contributed by atoms with van der Waals surface area (Å²) >= 11 is 7.72. The Morgan fingerprint density at radius 2 is 2.00 bits per heavy atom. The molecule has 0 atom stereocenters. The molecule has 2 aromatic carbocycles. The summed E-state index contributed by atoms with van der Waals surface area (Å²) in [4.78, 5) is 20.7. The van der Waals surface area contributed by atoms with Crippen LogP contribution in [0, 0.1) is 5.82 Å². The van der Waals surface area contributed by atoms with E-state index in [2.05, 4.69) is 15.3 Å². The van der Waals surface area contributed by atoms with Crippen molar-refractivity contribution in [1.29, 1.82) is 0 Å². The number of benzene rings is 2. The molecule has 29 heavy (non-hydrogen) atoms. The molecule has 0 aliphatic carbocycles. The van der Waals surface area contributed by atoms with Gasteiger partial charge in [0.15, 0.2) is 0 Å². The Morgan fingerprint density at radius 3 is 2.69 bits per heavy atom. The van der Waals surface area contributed by atoms with Crippen LogP contribution < -0.4 is 10.1 Å². The van der Waals surface area contributed by atoms with Gasteiger partial charge >= 0.3 is 5.97 Å². The average Bonchev–Trinajstić information content (AvgIpc) is 3.15. The van der Waals surface area contributed by atoms with Gasteiger partial charge < -0.3 is 15.2 Å². The van der Waals surface area contributed by atoms with E-state index in [4.69, 9.17) is 16.3 Å². The fourth-order valence-electron chi connectivity index (χ4n) is 2.92. The van der Waals surface area contributed by atoms with E-state index in [-0.39, 0.29) is 22.2 Å². The van der Waals surface area contributed by atoms with Gasteiger partial charge in [0.2, 0.25) is 0 Å². The van der Waals surface area contributed by atoms with E-state index >= 15 is 0 Å². The molecule has 0 amide bonds. The van der Waals surface area contributed by atoms with E-state index in [1.54, 1.807) is 12.1 Å². The van der Waals surface area contributed by atoms with Crippen molar-refractivity contribution in [3.63, 3.8) is 0 Å². The van der Waals surface area contributed by atoms with Crippen LogP contribution in [0.4, 0.5) is 15.9 Å². The molecule has 9 heteroatoms. The number of anilines is 2. The second-order valence-electron chi connectivity index (χ2n) is 6.02. The largest absolute Gasteiger partial charge is 0.496 e. The minimum atomic E-state index is -1.14. The lowest BCUT2D eigenvalue weighted by molar-refractivity contribution is 0.0693. The number of halogens is 2. The minimum absolute atomic E-state index is 0.0431. The van der Waals surface area contributed by atoms with Gasteiger partial charge in [-0.15, -0.1) is 11.3 Å². The van der Waals surface area contributed by atoms with Gasteiger partial charge in [0, 0.05) is 17.0 Å².